The number of ether oxygens (including phenoxy) is 3. The molecule has 5 heteroatoms. The SMILES string of the molecule is COc1cc(OC)cc(C(=O)C(OC(C)=O)c2ccccc2)c1. The molecule has 0 amide bonds. The molecule has 1 atom stereocenters. The predicted molar refractivity (Wildman–Crippen MR) is 84.8 cm³/mol. The first-order valence-electron chi connectivity index (χ1n) is 7.04. The van der Waals surface area contributed by atoms with E-state index in [1.54, 1.807) is 42.5 Å². The van der Waals surface area contributed by atoms with Crippen molar-refractivity contribution in [3.8, 4) is 11.5 Å². The van der Waals surface area contributed by atoms with Gasteiger partial charge in [0.05, 0.1) is 14.2 Å². The second kappa shape index (κ2) is 7.45. The van der Waals surface area contributed by atoms with Gasteiger partial charge < -0.3 is 14.2 Å². The highest BCUT2D eigenvalue weighted by Crippen LogP contribution is 2.28. The lowest BCUT2D eigenvalue weighted by Crippen LogP contribution is -2.19. The van der Waals surface area contributed by atoms with Crippen LogP contribution >= 0.6 is 0 Å². The van der Waals surface area contributed by atoms with Crippen LogP contribution < -0.4 is 9.47 Å². The zero-order valence-electron chi connectivity index (χ0n) is 13.2. The van der Waals surface area contributed by atoms with E-state index in [1.165, 1.54) is 21.1 Å². The summed E-state index contributed by atoms with van der Waals surface area (Å²) in [7, 11) is 3.01. The standard InChI is InChI=1S/C18H18O5/c1-12(19)23-18(13-7-5-4-6-8-13)17(20)14-9-15(21-2)11-16(10-14)22-3/h4-11,18H,1-3H3. The molecule has 2 aromatic carbocycles. The molecular weight excluding hydrogens is 296 g/mol. The van der Waals surface area contributed by atoms with Crippen LogP contribution in [0.1, 0.15) is 28.9 Å². The summed E-state index contributed by atoms with van der Waals surface area (Å²) < 4.78 is 15.6. The predicted octanol–water partition coefficient (Wildman–Crippen LogP) is 3.19. The lowest BCUT2D eigenvalue weighted by molar-refractivity contribution is -0.144. The van der Waals surface area contributed by atoms with Crippen LogP contribution in [0.3, 0.4) is 0 Å². The average molecular weight is 314 g/mol. The van der Waals surface area contributed by atoms with E-state index in [9.17, 15) is 9.59 Å². The number of carbonyl (C=O) groups excluding carboxylic acids is 2. The molecule has 0 saturated carbocycles. The Hall–Kier alpha value is -2.82. The van der Waals surface area contributed by atoms with E-state index in [-0.39, 0.29) is 5.78 Å². The van der Waals surface area contributed by atoms with Crippen molar-refractivity contribution in [1.29, 1.82) is 0 Å². The summed E-state index contributed by atoms with van der Waals surface area (Å²) in [4.78, 5) is 24.2. The van der Waals surface area contributed by atoms with Crippen molar-refractivity contribution in [2.75, 3.05) is 14.2 Å². The molecule has 0 bridgehead atoms. The maximum Gasteiger partial charge on any atom is 0.303 e. The summed E-state index contributed by atoms with van der Waals surface area (Å²) >= 11 is 0. The Morgan fingerprint density at radius 1 is 0.913 bits per heavy atom. The molecule has 0 aliphatic heterocycles. The summed E-state index contributed by atoms with van der Waals surface area (Å²) in [6.45, 7) is 1.27. The highest BCUT2D eigenvalue weighted by atomic mass is 16.5. The zero-order chi connectivity index (χ0) is 16.8. The van der Waals surface area contributed by atoms with Crippen LogP contribution in [0.5, 0.6) is 11.5 Å². The van der Waals surface area contributed by atoms with Crippen LogP contribution in [0.15, 0.2) is 48.5 Å². The smallest absolute Gasteiger partial charge is 0.303 e. The Morgan fingerprint density at radius 2 is 1.48 bits per heavy atom. The Morgan fingerprint density at radius 3 is 1.96 bits per heavy atom. The molecule has 2 rings (SSSR count). The van der Waals surface area contributed by atoms with Gasteiger partial charge in [0.1, 0.15) is 11.5 Å². The third kappa shape index (κ3) is 4.10. The summed E-state index contributed by atoms with van der Waals surface area (Å²) in [5.74, 6) is 0.107. The molecule has 0 aliphatic carbocycles. The second-order valence-electron chi connectivity index (χ2n) is 4.87. The first-order valence-corrected chi connectivity index (χ1v) is 7.04. The minimum atomic E-state index is -1.01. The topological polar surface area (TPSA) is 61.8 Å². The number of Topliss-reactive ketones (excluding diaryl/α,β-unsaturated/α-hetero) is 1. The third-order valence-electron chi connectivity index (χ3n) is 3.26. The summed E-state index contributed by atoms with van der Waals surface area (Å²) in [6, 6.07) is 13.7. The largest absolute Gasteiger partial charge is 0.497 e. The highest BCUT2D eigenvalue weighted by molar-refractivity contribution is 6.01. The minimum absolute atomic E-state index is 0.344. The van der Waals surface area contributed by atoms with E-state index in [4.69, 9.17) is 14.2 Å². The van der Waals surface area contributed by atoms with E-state index in [0.717, 1.165) is 0 Å². The molecule has 0 aliphatic rings. The van der Waals surface area contributed by atoms with Crippen LogP contribution in [0.2, 0.25) is 0 Å². The van der Waals surface area contributed by atoms with Crippen LogP contribution in [0, 0.1) is 0 Å². The van der Waals surface area contributed by atoms with Gasteiger partial charge in [0, 0.05) is 24.1 Å². The van der Waals surface area contributed by atoms with Crippen molar-refractivity contribution in [2.45, 2.75) is 13.0 Å². The Balaban J connectivity index is 2.43. The number of benzene rings is 2. The van der Waals surface area contributed by atoms with Crippen LogP contribution in [0.25, 0.3) is 0 Å². The molecule has 0 N–H and O–H groups in total. The average Bonchev–Trinajstić information content (AvgIpc) is 2.59. The molecule has 0 radical (unpaired) electrons. The number of rotatable bonds is 6. The van der Waals surface area contributed by atoms with Gasteiger partial charge in [0.2, 0.25) is 5.78 Å². The molecule has 23 heavy (non-hydrogen) atoms. The van der Waals surface area contributed by atoms with Gasteiger partial charge in [-0.2, -0.15) is 0 Å². The zero-order valence-corrected chi connectivity index (χ0v) is 13.2. The molecule has 120 valence electrons. The fourth-order valence-electron chi connectivity index (χ4n) is 2.17. The Bertz CT molecular complexity index is 672. The van der Waals surface area contributed by atoms with E-state index in [1.807, 2.05) is 6.07 Å². The minimum Gasteiger partial charge on any atom is -0.497 e. The summed E-state index contributed by atoms with van der Waals surface area (Å²) in [6.07, 6.45) is -1.01. The third-order valence-corrected chi connectivity index (χ3v) is 3.26. The van der Waals surface area contributed by atoms with Gasteiger partial charge in [-0.15, -0.1) is 0 Å². The van der Waals surface area contributed by atoms with E-state index in [2.05, 4.69) is 0 Å². The monoisotopic (exact) mass is 314 g/mol. The van der Waals surface area contributed by atoms with Crippen molar-refractivity contribution < 1.29 is 23.8 Å². The van der Waals surface area contributed by atoms with Gasteiger partial charge in [0.15, 0.2) is 6.10 Å². The fraction of sp³-hybridized carbons (Fsp3) is 0.222. The molecule has 0 spiro atoms. The number of hydrogen-bond donors (Lipinski definition) is 0. The van der Waals surface area contributed by atoms with Crippen molar-refractivity contribution in [1.82, 2.24) is 0 Å². The van der Waals surface area contributed by atoms with Gasteiger partial charge in [0.25, 0.3) is 0 Å². The van der Waals surface area contributed by atoms with Crippen molar-refractivity contribution in [2.24, 2.45) is 0 Å². The van der Waals surface area contributed by atoms with Gasteiger partial charge in [-0.1, -0.05) is 30.3 Å². The van der Waals surface area contributed by atoms with E-state index >= 15 is 0 Å². The molecule has 0 saturated heterocycles. The summed E-state index contributed by atoms with van der Waals surface area (Å²) in [5, 5.41) is 0. The Kier molecular flexibility index (Phi) is 5.36. The molecular formula is C18H18O5. The second-order valence-corrected chi connectivity index (χ2v) is 4.87. The number of ketones is 1. The summed E-state index contributed by atoms with van der Waals surface area (Å²) in [5.41, 5.74) is 0.950. The van der Waals surface area contributed by atoms with Crippen molar-refractivity contribution in [3.05, 3.63) is 59.7 Å². The van der Waals surface area contributed by atoms with Crippen LogP contribution in [-0.2, 0) is 9.53 Å². The van der Waals surface area contributed by atoms with Gasteiger partial charge in [-0.3, -0.25) is 9.59 Å². The number of carbonyl (C=O) groups is 2. The van der Waals surface area contributed by atoms with Gasteiger partial charge in [-0.25, -0.2) is 0 Å². The maximum atomic E-state index is 12.8. The highest BCUT2D eigenvalue weighted by Gasteiger charge is 2.26. The lowest BCUT2D eigenvalue weighted by Gasteiger charge is -2.17. The number of hydrogen-bond acceptors (Lipinski definition) is 5. The Labute approximate surface area is 134 Å². The lowest BCUT2D eigenvalue weighted by atomic mass is 9.99. The van der Waals surface area contributed by atoms with Gasteiger partial charge in [-0.05, 0) is 12.1 Å². The molecule has 2 aromatic rings. The molecule has 0 aromatic heterocycles. The van der Waals surface area contributed by atoms with Gasteiger partial charge >= 0.3 is 5.97 Å². The molecule has 1 unspecified atom stereocenters. The quantitative estimate of drug-likeness (QED) is 0.605. The molecule has 0 fully saturated rings. The maximum absolute atomic E-state index is 12.8. The van der Waals surface area contributed by atoms with Crippen molar-refractivity contribution in [3.63, 3.8) is 0 Å². The molecule has 5 nitrogen and oxygen atoms in total. The van der Waals surface area contributed by atoms with E-state index < -0.39 is 12.1 Å². The number of methoxy groups -OCH3 is 2. The molecule has 0 heterocycles. The van der Waals surface area contributed by atoms with E-state index in [0.29, 0.717) is 22.6 Å². The normalized spacial score (nSPS) is 11.4. The first-order chi connectivity index (χ1) is 11.0. The van der Waals surface area contributed by atoms with Crippen molar-refractivity contribution >= 4 is 11.8 Å². The van der Waals surface area contributed by atoms with Crippen LogP contribution in [0.4, 0.5) is 0 Å². The van der Waals surface area contributed by atoms with Crippen LogP contribution in [-0.4, -0.2) is 26.0 Å². The fourth-order valence-corrected chi connectivity index (χ4v) is 2.17. The first kappa shape index (κ1) is 16.5. The number of esters is 1.